The topological polar surface area (TPSA) is 108 Å². The summed E-state index contributed by atoms with van der Waals surface area (Å²) in [4.78, 5) is 27.6. The summed E-state index contributed by atoms with van der Waals surface area (Å²) in [5.41, 5.74) is 9.95. The average Bonchev–Trinajstić information content (AvgIpc) is 2.97. The van der Waals surface area contributed by atoms with Crippen LogP contribution in [0.15, 0.2) is 28.1 Å². The maximum Gasteiger partial charge on any atom is 0.305 e. The maximum absolute atomic E-state index is 13.6. The summed E-state index contributed by atoms with van der Waals surface area (Å²) in [5, 5.41) is 11.4. The van der Waals surface area contributed by atoms with Gasteiger partial charge in [-0.1, -0.05) is 6.07 Å². The lowest BCUT2D eigenvalue weighted by Crippen LogP contribution is -2.45. The highest BCUT2D eigenvalue weighted by atomic mass is 32.2. The zero-order chi connectivity index (χ0) is 18.7. The van der Waals surface area contributed by atoms with E-state index in [1.807, 2.05) is 5.01 Å². The van der Waals surface area contributed by atoms with Crippen molar-refractivity contribution in [3.63, 3.8) is 0 Å². The van der Waals surface area contributed by atoms with Crippen LogP contribution in [0.4, 0.5) is 4.39 Å². The molecule has 0 aromatic heterocycles. The van der Waals surface area contributed by atoms with Crippen LogP contribution in [0, 0.1) is 5.82 Å². The molecule has 26 heavy (non-hydrogen) atoms. The van der Waals surface area contributed by atoms with Gasteiger partial charge < -0.3 is 10.8 Å². The summed E-state index contributed by atoms with van der Waals surface area (Å²) in [6, 6.07) is 3.07. The number of carboxylic acid groups (broad SMARTS) is 1. The molecule has 1 fully saturated rings. The van der Waals surface area contributed by atoms with Crippen molar-refractivity contribution in [1.29, 1.82) is 0 Å². The Morgan fingerprint density at radius 1 is 1.50 bits per heavy atom. The van der Waals surface area contributed by atoms with Gasteiger partial charge in [-0.3, -0.25) is 14.6 Å². The molecule has 1 unspecified atom stereocenters. The monoisotopic (exact) mass is 378 g/mol. The summed E-state index contributed by atoms with van der Waals surface area (Å²) in [6.45, 7) is 1.61. The minimum absolute atomic E-state index is 0.333. The van der Waals surface area contributed by atoms with Gasteiger partial charge in [0, 0.05) is 19.1 Å². The van der Waals surface area contributed by atoms with Gasteiger partial charge in [0.1, 0.15) is 5.82 Å². The zero-order valence-corrected chi connectivity index (χ0v) is 14.8. The van der Waals surface area contributed by atoms with Crippen LogP contribution < -0.4 is 11.2 Å². The van der Waals surface area contributed by atoms with Crippen LogP contribution in [-0.4, -0.2) is 40.2 Å². The fraction of sp³-hybridized carbons (Fsp3) is 0.353. The van der Waals surface area contributed by atoms with E-state index in [9.17, 15) is 14.0 Å². The molecule has 0 saturated carbocycles. The maximum atomic E-state index is 13.6. The molecule has 1 amide bonds. The van der Waals surface area contributed by atoms with E-state index in [0.29, 0.717) is 21.2 Å². The van der Waals surface area contributed by atoms with Gasteiger partial charge in [-0.25, -0.2) is 9.82 Å². The third-order valence-electron chi connectivity index (χ3n) is 4.08. The number of hydrazine groups is 1. The van der Waals surface area contributed by atoms with Crippen LogP contribution in [0.3, 0.4) is 0 Å². The number of benzene rings is 1. The highest BCUT2D eigenvalue weighted by Crippen LogP contribution is 2.32. The first kappa shape index (κ1) is 18.6. The Morgan fingerprint density at radius 2 is 2.31 bits per heavy atom. The summed E-state index contributed by atoms with van der Waals surface area (Å²) >= 11 is 1.23. The van der Waals surface area contributed by atoms with Crippen LogP contribution in [0.25, 0.3) is 6.08 Å². The molecular weight excluding hydrogens is 359 g/mol. The number of halogens is 1. The van der Waals surface area contributed by atoms with Crippen LogP contribution in [0.1, 0.15) is 36.4 Å². The number of nitrogens with zero attached hydrogens (tertiary/aromatic N) is 2. The van der Waals surface area contributed by atoms with Gasteiger partial charge in [0.05, 0.1) is 11.3 Å². The highest BCUT2D eigenvalue weighted by Gasteiger charge is 2.27. The van der Waals surface area contributed by atoms with E-state index in [1.54, 1.807) is 6.08 Å². The van der Waals surface area contributed by atoms with Gasteiger partial charge in [0.25, 0.3) is 5.91 Å². The van der Waals surface area contributed by atoms with E-state index in [0.717, 1.165) is 25.9 Å². The molecule has 2 aliphatic heterocycles. The molecule has 4 N–H and O–H groups in total. The third-order valence-corrected chi connectivity index (χ3v) is 5.09. The normalized spacial score (nSPS) is 20.4. The van der Waals surface area contributed by atoms with Gasteiger partial charge in [-0.2, -0.15) is 4.99 Å². The largest absolute Gasteiger partial charge is 0.481 e. The van der Waals surface area contributed by atoms with Crippen molar-refractivity contribution in [3.8, 4) is 0 Å². The molecular formula is C17H19FN4O3S. The lowest BCUT2D eigenvalue weighted by atomic mass is 9.98. The molecule has 1 atom stereocenters. The van der Waals surface area contributed by atoms with Gasteiger partial charge in [-0.15, -0.1) is 0 Å². The standard InChI is InChI=1S/C17H19FN4O3S/c18-11-4-3-10(12(8-11)13(19)9-15(23)24)7-14-16(25)21-17(26-14)22-6-2-1-5-20-22/h3-4,7-8,13,20H,1-2,5-6,9,19H2,(H,23,24). The molecule has 0 spiro atoms. The van der Waals surface area contributed by atoms with Gasteiger partial charge in [0.2, 0.25) is 0 Å². The second kappa shape index (κ2) is 7.98. The van der Waals surface area contributed by atoms with Crippen molar-refractivity contribution >= 4 is 34.9 Å². The first-order chi connectivity index (χ1) is 12.4. The Balaban J connectivity index is 1.84. The Morgan fingerprint density at radius 3 is 3.00 bits per heavy atom. The van der Waals surface area contributed by atoms with Crippen molar-refractivity contribution in [2.75, 3.05) is 13.1 Å². The van der Waals surface area contributed by atoms with Gasteiger partial charge in [-0.05, 0) is 53.9 Å². The minimum atomic E-state index is -1.08. The van der Waals surface area contributed by atoms with Gasteiger partial charge >= 0.3 is 5.97 Å². The summed E-state index contributed by atoms with van der Waals surface area (Å²) in [7, 11) is 0. The number of hydrogen-bond donors (Lipinski definition) is 3. The fourth-order valence-electron chi connectivity index (χ4n) is 2.80. The van der Waals surface area contributed by atoms with E-state index in [1.165, 1.54) is 30.0 Å². The Hall–Kier alpha value is -2.23. The van der Waals surface area contributed by atoms with Crippen molar-refractivity contribution in [2.45, 2.75) is 25.3 Å². The van der Waals surface area contributed by atoms with Crippen LogP contribution >= 0.6 is 11.8 Å². The number of aliphatic imine (C=N–C) groups is 1. The number of thioether (sulfide) groups is 1. The van der Waals surface area contributed by atoms with Crippen molar-refractivity contribution < 1.29 is 19.1 Å². The number of carbonyl (C=O) groups is 2. The smallest absolute Gasteiger partial charge is 0.305 e. The lowest BCUT2D eigenvalue weighted by Gasteiger charge is -2.28. The minimum Gasteiger partial charge on any atom is -0.481 e. The molecule has 2 heterocycles. The number of nitrogens with two attached hydrogens (primary N) is 1. The Kier molecular flexibility index (Phi) is 5.70. The highest BCUT2D eigenvalue weighted by molar-refractivity contribution is 8.18. The average molecular weight is 378 g/mol. The second-order valence-corrected chi connectivity index (χ2v) is 7.06. The molecule has 3 rings (SSSR count). The molecule has 9 heteroatoms. The first-order valence-electron chi connectivity index (χ1n) is 8.24. The molecule has 138 valence electrons. The number of carboxylic acids is 1. The predicted octanol–water partition coefficient (Wildman–Crippen LogP) is 1.87. The quantitative estimate of drug-likeness (QED) is 0.687. The number of nitrogens with one attached hydrogen (secondary N) is 1. The van der Waals surface area contributed by atoms with Crippen LogP contribution in [-0.2, 0) is 9.59 Å². The summed E-state index contributed by atoms with van der Waals surface area (Å²) in [5.74, 6) is -1.96. The van der Waals surface area contributed by atoms with E-state index < -0.39 is 17.8 Å². The molecule has 7 nitrogen and oxygen atoms in total. The molecule has 0 aliphatic carbocycles. The molecule has 1 aromatic carbocycles. The van der Waals surface area contributed by atoms with Crippen LogP contribution in [0.5, 0.6) is 0 Å². The van der Waals surface area contributed by atoms with Crippen molar-refractivity contribution in [3.05, 3.63) is 40.0 Å². The van der Waals surface area contributed by atoms with Crippen molar-refractivity contribution in [1.82, 2.24) is 10.4 Å². The fourth-order valence-corrected chi connectivity index (χ4v) is 3.71. The summed E-state index contributed by atoms with van der Waals surface area (Å²) < 4.78 is 13.6. The molecule has 0 radical (unpaired) electrons. The molecule has 0 bridgehead atoms. The van der Waals surface area contributed by atoms with E-state index in [-0.39, 0.29) is 12.3 Å². The molecule has 1 aromatic rings. The Bertz CT molecular complexity index is 790. The number of amides is 1. The SMILES string of the molecule is NC(CC(=O)O)c1cc(F)ccc1C=C1SC(N2CCCCN2)=NC1=O. The Labute approximate surface area is 154 Å². The number of amidine groups is 1. The zero-order valence-electron chi connectivity index (χ0n) is 13.9. The number of carbonyl (C=O) groups excluding carboxylic acids is 1. The number of rotatable bonds is 4. The summed E-state index contributed by atoms with van der Waals surface area (Å²) in [6.07, 6.45) is 3.35. The van der Waals surface area contributed by atoms with Crippen molar-refractivity contribution in [2.24, 2.45) is 10.7 Å². The molecule has 1 saturated heterocycles. The number of hydrogen-bond acceptors (Lipinski definition) is 6. The van der Waals surface area contributed by atoms with Crippen LogP contribution in [0.2, 0.25) is 0 Å². The van der Waals surface area contributed by atoms with E-state index in [2.05, 4.69) is 10.4 Å². The third kappa shape index (κ3) is 4.29. The van der Waals surface area contributed by atoms with E-state index in [4.69, 9.17) is 10.8 Å². The first-order valence-corrected chi connectivity index (χ1v) is 9.06. The molecule has 2 aliphatic rings. The number of aliphatic carboxylic acids is 1. The van der Waals surface area contributed by atoms with Gasteiger partial charge in [0.15, 0.2) is 5.17 Å². The predicted molar refractivity (Wildman–Crippen MR) is 97.5 cm³/mol. The second-order valence-electron chi connectivity index (χ2n) is 6.05. The lowest BCUT2D eigenvalue weighted by molar-refractivity contribution is -0.137. The van der Waals surface area contributed by atoms with E-state index >= 15 is 0 Å².